The van der Waals surface area contributed by atoms with Gasteiger partial charge in [-0.15, -0.1) is 0 Å². The number of rotatable bonds is 0. The first-order chi connectivity index (χ1) is 7.61. The molecule has 16 heavy (non-hydrogen) atoms. The highest BCUT2D eigenvalue weighted by Gasteiger charge is 2.54. The van der Waals surface area contributed by atoms with E-state index in [9.17, 15) is 9.90 Å². The lowest BCUT2D eigenvalue weighted by Gasteiger charge is -2.49. The van der Waals surface area contributed by atoms with Crippen molar-refractivity contribution in [2.75, 3.05) is 0 Å². The number of hydrogen-bond donors (Lipinski definition) is 2. The van der Waals surface area contributed by atoms with Gasteiger partial charge in [-0.3, -0.25) is 4.79 Å². The van der Waals surface area contributed by atoms with Crippen LogP contribution in [0.25, 0.3) is 0 Å². The van der Waals surface area contributed by atoms with Crippen LogP contribution in [0.5, 0.6) is 0 Å². The second-order valence-electron chi connectivity index (χ2n) is 6.12. The van der Waals surface area contributed by atoms with Gasteiger partial charge in [-0.25, -0.2) is 0 Å². The molecule has 0 radical (unpaired) electrons. The van der Waals surface area contributed by atoms with Crippen molar-refractivity contribution >= 4 is 5.91 Å². The molecule has 3 aliphatic rings. The number of fused-ring (bicyclic) bond motifs is 3. The number of nitrogens with one attached hydrogen (secondary N) is 1. The summed E-state index contributed by atoms with van der Waals surface area (Å²) in [5, 5.41) is 13.3. The number of aliphatic hydroxyl groups is 1. The molecule has 3 nitrogen and oxygen atoms in total. The van der Waals surface area contributed by atoms with Crippen LogP contribution >= 0.6 is 0 Å². The van der Waals surface area contributed by atoms with E-state index in [0.717, 1.165) is 32.1 Å². The Morgan fingerprint density at radius 3 is 2.94 bits per heavy atom. The molecule has 0 aromatic heterocycles. The van der Waals surface area contributed by atoms with Gasteiger partial charge < -0.3 is 10.4 Å². The number of amides is 1. The van der Waals surface area contributed by atoms with Crippen molar-refractivity contribution in [1.82, 2.24) is 5.32 Å². The number of hydrogen-bond acceptors (Lipinski definition) is 2. The molecule has 1 amide bonds. The zero-order valence-corrected chi connectivity index (χ0v) is 9.91. The molecule has 3 fully saturated rings. The number of carbonyl (C=O) groups excluding carboxylic acids is 1. The van der Waals surface area contributed by atoms with Gasteiger partial charge in [-0.05, 0) is 49.4 Å². The van der Waals surface area contributed by atoms with Crippen LogP contribution in [-0.2, 0) is 4.79 Å². The molecule has 1 saturated heterocycles. The van der Waals surface area contributed by atoms with Crippen molar-refractivity contribution in [3.8, 4) is 0 Å². The molecule has 2 N–H and O–H groups in total. The van der Waals surface area contributed by atoms with Crippen LogP contribution in [0.3, 0.4) is 0 Å². The third kappa shape index (κ3) is 1.33. The van der Waals surface area contributed by atoms with Gasteiger partial charge in [0.25, 0.3) is 0 Å². The molecule has 2 saturated carbocycles. The Balaban J connectivity index is 1.84. The lowest BCUT2D eigenvalue weighted by Crippen LogP contribution is -2.54. The van der Waals surface area contributed by atoms with Gasteiger partial charge in [0.15, 0.2) is 0 Å². The predicted molar refractivity (Wildman–Crippen MR) is 60.7 cm³/mol. The van der Waals surface area contributed by atoms with Crippen LogP contribution in [0, 0.1) is 17.3 Å². The molecular formula is C13H21NO2. The fourth-order valence-corrected chi connectivity index (χ4v) is 4.42. The van der Waals surface area contributed by atoms with E-state index in [1.165, 1.54) is 0 Å². The van der Waals surface area contributed by atoms with E-state index in [2.05, 4.69) is 12.2 Å². The topological polar surface area (TPSA) is 49.3 Å². The Labute approximate surface area is 96.6 Å². The standard InChI is InChI=1S/C13H21NO2/c1-13-7-6-10-8(2-5-12(16)14-10)9(13)3-4-11(13)15/h8-11,15H,2-7H2,1H3,(H,14,16)/t8-,9-,10-,11-,13-/m0/s1. The second-order valence-corrected chi connectivity index (χ2v) is 6.12. The summed E-state index contributed by atoms with van der Waals surface area (Å²) in [6, 6.07) is 0.393. The molecule has 3 heteroatoms. The Bertz CT molecular complexity index is 317. The third-order valence-electron chi connectivity index (χ3n) is 5.44. The van der Waals surface area contributed by atoms with Gasteiger partial charge in [0.2, 0.25) is 5.91 Å². The van der Waals surface area contributed by atoms with Crippen molar-refractivity contribution in [3.05, 3.63) is 0 Å². The maximum absolute atomic E-state index is 11.4. The van der Waals surface area contributed by atoms with Crippen molar-refractivity contribution in [3.63, 3.8) is 0 Å². The Morgan fingerprint density at radius 2 is 2.12 bits per heavy atom. The molecule has 1 heterocycles. The van der Waals surface area contributed by atoms with Crippen molar-refractivity contribution in [2.24, 2.45) is 17.3 Å². The molecule has 0 bridgehead atoms. The molecule has 3 rings (SSSR count). The summed E-state index contributed by atoms with van der Waals surface area (Å²) in [5.74, 6) is 1.47. The quantitative estimate of drug-likeness (QED) is 0.653. The average molecular weight is 223 g/mol. The summed E-state index contributed by atoms with van der Waals surface area (Å²) < 4.78 is 0. The molecule has 2 aliphatic carbocycles. The predicted octanol–water partition coefficient (Wildman–Crippen LogP) is 1.45. The van der Waals surface area contributed by atoms with Gasteiger partial charge >= 0.3 is 0 Å². The molecule has 5 atom stereocenters. The van der Waals surface area contributed by atoms with Crippen LogP contribution < -0.4 is 5.32 Å². The van der Waals surface area contributed by atoms with E-state index >= 15 is 0 Å². The summed E-state index contributed by atoms with van der Waals surface area (Å²) in [6.45, 7) is 2.25. The van der Waals surface area contributed by atoms with Gasteiger partial charge in [0.1, 0.15) is 0 Å². The summed E-state index contributed by atoms with van der Waals surface area (Å²) >= 11 is 0. The van der Waals surface area contributed by atoms with E-state index in [1.807, 2.05) is 0 Å². The number of carbonyl (C=O) groups is 1. The first-order valence-corrected chi connectivity index (χ1v) is 6.59. The highest BCUT2D eigenvalue weighted by atomic mass is 16.3. The maximum atomic E-state index is 11.4. The lowest BCUT2D eigenvalue weighted by atomic mass is 9.60. The minimum absolute atomic E-state index is 0.115. The highest BCUT2D eigenvalue weighted by Crippen LogP contribution is 2.55. The van der Waals surface area contributed by atoms with E-state index in [-0.39, 0.29) is 17.4 Å². The van der Waals surface area contributed by atoms with E-state index in [1.54, 1.807) is 0 Å². The van der Waals surface area contributed by atoms with E-state index < -0.39 is 0 Å². The van der Waals surface area contributed by atoms with Crippen LogP contribution in [0.15, 0.2) is 0 Å². The Hall–Kier alpha value is -0.570. The van der Waals surface area contributed by atoms with Crippen LogP contribution in [0.1, 0.15) is 45.4 Å². The smallest absolute Gasteiger partial charge is 0.220 e. The third-order valence-corrected chi connectivity index (χ3v) is 5.44. The summed E-state index contributed by atoms with van der Waals surface area (Å²) in [4.78, 5) is 11.4. The first-order valence-electron chi connectivity index (χ1n) is 6.59. The first kappa shape index (κ1) is 10.6. The lowest BCUT2D eigenvalue weighted by molar-refractivity contribution is -0.127. The van der Waals surface area contributed by atoms with Crippen molar-refractivity contribution in [1.29, 1.82) is 0 Å². The highest BCUT2D eigenvalue weighted by molar-refractivity contribution is 5.77. The normalized spacial score (nSPS) is 51.8. The van der Waals surface area contributed by atoms with Gasteiger partial charge in [-0.2, -0.15) is 0 Å². The maximum Gasteiger partial charge on any atom is 0.220 e. The average Bonchev–Trinajstić information content (AvgIpc) is 2.56. The Kier molecular flexibility index (Phi) is 2.29. The number of piperidine rings is 1. The van der Waals surface area contributed by atoms with Crippen LogP contribution in [-0.4, -0.2) is 23.2 Å². The molecule has 0 aromatic carbocycles. The van der Waals surface area contributed by atoms with Gasteiger partial charge in [0.05, 0.1) is 6.10 Å². The summed E-state index contributed by atoms with van der Waals surface area (Å²) in [6.07, 6.45) is 5.83. The van der Waals surface area contributed by atoms with Crippen molar-refractivity contribution < 1.29 is 9.90 Å². The van der Waals surface area contributed by atoms with Crippen LogP contribution in [0.4, 0.5) is 0 Å². The summed E-state index contributed by atoms with van der Waals surface area (Å²) in [7, 11) is 0. The second kappa shape index (κ2) is 3.46. The molecule has 90 valence electrons. The van der Waals surface area contributed by atoms with Crippen molar-refractivity contribution in [2.45, 2.75) is 57.6 Å². The van der Waals surface area contributed by atoms with E-state index in [0.29, 0.717) is 24.3 Å². The zero-order chi connectivity index (χ0) is 11.3. The fourth-order valence-electron chi connectivity index (χ4n) is 4.42. The van der Waals surface area contributed by atoms with Gasteiger partial charge in [-0.1, -0.05) is 6.92 Å². The number of aliphatic hydroxyl groups excluding tert-OH is 1. The van der Waals surface area contributed by atoms with E-state index in [4.69, 9.17) is 0 Å². The van der Waals surface area contributed by atoms with Gasteiger partial charge in [0, 0.05) is 12.5 Å². The molecular weight excluding hydrogens is 202 g/mol. The molecule has 0 unspecified atom stereocenters. The van der Waals surface area contributed by atoms with Crippen LogP contribution in [0.2, 0.25) is 0 Å². The molecule has 1 aliphatic heterocycles. The SMILES string of the molecule is C[C@]12CC[C@@H]3NC(=O)CC[C@H]3[C@@H]1CC[C@@H]2O. The monoisotopic (exact) mass is 223 g/mol. The zero-order valence-electron chi connectivity index (χ0n) is 9.91. The summed E-state index contributed by atoms with van der Waals surface area (Å²) in [5.41, 5.74) is 0.128. The minimum Gasteiger partial charge on any atom is -0.393 e. The molecule has 0 aromatic rings. The largest absolute Gasteiger partial charge is 0.393 e. The minimum atomic E-state index is -0.115. The molecule has 0 spiro atoms. The fraction of sp³-hybridized carbons (Fsp3) is 0.923. The Morgan fingerprint density at radius 1 is 1.31 bits per heavy atom.